The summed E-state index contributed by atoms with van der Waals surface area (Å²) < 4.78 is 0. The minimum Gasteiger partial charge on any atom is -0.396 e. The number of likely N-dealkylation sites (tertiary alicyclic amines) is 1. The molecule has 2 N–H and O–H groups in total. The van der Waals surface area contributed by atoms with Gasteiger partial charge in [0.05, 0.1) is 0 Å². The summed E-state index contributed by atoms with van der Waals surface area (Å²) in [6, 6.07) is 6.55. The van der Waals surface area contributed by atoms with Crippen molar-refractivity contribution in [2.45, 2.75) is 58.4 Å². The molecule has 1 saturated heterocycles. The molecule has 1 atom stereocenters. The molecule has 2 rings (SSSR count). The molecule has 0 radical (unpaired) electrons. The predicted molar refractivity (Wildman–Crippen MR) is 94.7 cm³/mol. The molecule has 0 spiro atoms. The van der Waals surface area contributed by atoms with Crippen LogP contribution in [0.3, 0.4) is 0 Å². The second-order valence-corrected chi connectivity index (χ2v) is 6.62. The first-order valence-corrected chi connectivity index (χ1v) is 8.83. The van der Waals surface area contributed by atoms with Gasteiger partial charge in [-0.15, -0.1) is 0 Å². The lowest BCUT2D eigenvalue weighted by Gasteiger charge is -2.35. The maximum atomic E-state index is 12.2. The van der Waals surface area contributed by atoms with Crippen molar-refractivity contribution in [1.29, 1.82) is 0 Å². The first-order chi connectivity index (χ1) is 11.1. The number of carbonyl (C=O) groups is 1. The topological polar surface area (TPSA) is 52.6 Å². The summed E-state index contributed by atoms with van der Waals surface area (Å²) >= 11 is 0. The van der Waals surface area contributed by atoms with Gasteiger partial charge in [0, 0.05) is 24.8 Å². The highest BCUT2D eigenvalue weighted by Crippen LogP contribution is 2.21. The van der Waals surface area contributed by atoms with Gasteiger partial charge in [-0.2, -0.15) is 0 Å². The fraction of sp³-hybridized carbons (Fsp3) is 0.632. The summed E-state index contributed by atoms with van der Waals surface area (Å²) in [5.74, 6) is 0.0955. The van der Waals surface area contributed by atoms with E-state index in [2.05, 4.69) is 10.2 Å². The predicted octanol–water partition coefficient (Wildman–Crippen LogP) is 3.26. The van der Waals surface area contributed by atoms with Crippen LogP contribution in [0.4, 0.5) is 5.69 Å². The van der Waals surface area contributed by atoms with E-state index >= 15 is 0 Å². The van der Waals surface area contributed by atoms with E-state index in [9.17, 15) is 9.90 Å². The first kappa shape index (κ1) is 18.0. The first-order valence-electron chi connectivity index (χ1n) is 8.83. The quantitative estimate of drug-likeness (QED) is 0.811. The van der Waals surface area contributed by atoms with E-state index in [-0.39, 0.29) is 12.5 Å². The van der Waals surface area contributed by atoms with Crippen molar-refractivity contribution in [3.63, 3.8) is 0 Å². The van der Waals surface area contributed by atoms with Gasteiger partial charge in [0.1, 0.15) is 0 Å². The number of piperidine rings is 1. The van der Waals surface area contributed by atoms with Crippen LogP contribution in [-0.4, -0.2) is 41.7 Å². The molecule has 0 bridgehead atoms. The molecule has 0 aromatic heterocycles. The minimum atomic E-state index is 0.0955. The van der Waals surface area contributed by atoms with Gasteiger partial charge in [-0.3, -0.25) is 4.79 Å². The molecule has 0 aliphatic carbocycles. The Bertz CT molecular complexity index is 494. The molecule has 1 aliphatic rings. The molecule has 1 heterocycles. The molecule has 4 heteroatoms. The normalized spacial score (nSPS) is 18.8. The highest BCUT2D eigenvalue weighted by molar-refractivity contribution is 5.92. The molecular formula is C19H30N2O2. The van der Waals surface area contributed by atoms with E-state index < -0.39 is 0 Å². The second-order valence-electron chi connectivity index (χ2n) is 6.62. The van der Waals surface area contributed by atoms with Crippen molar-refractivity contribution < 1.29 is 9.90 Å². The summed E-state index contributed by atoms with van der Waals surface area (Å²) in [6.45, 7) is 6.36. The van der Waals surface area contributed by atoms with Gasteiger partial charge >= 0.3 is 0 Å². The summed E-state index contributed by atoms with van der Waals surface area (Å²) in [4.78, 5) is 14.6. The summed E-state index contributed by atoms with van der Waals surface area (Å²) in [5, 5.41) is 12.2. The fourth-order valence-electron chi connectivity index (χ4n) is 3.49. The van der Waals surface area contributed by atoms with Crippen LogP contribution in [0.5, 0.6) is 0 Å². The Balaban J connectivity index is 1.78. The van der Waals surface area contributed by atoms with E-state index in [1.165, 1.54) is 19.3 Å². The molecule has 1 unspecified atom stereocenters. The highest BCUT2D eigenvalue weighted by Gasteiger charge is 2.21. The molecule has 1 aliphatic heterocycles. The average molecular weight is 318 g/mol. The van der Waals surface area contributed by atoms with Gasteiger partial charge in [-0.05, 0) is 63.7 Å². The number of hydrogen-bond donors (Lipinski definition) is 2. The molecular weight excluding hydrogens is 288 g/mol. The Morgan fingerprint density at radius 3 is 2.74 bits per heavy atom. The van der Waals surface area contributed by atoms with E-state index in [4.69, 9.17) is 0 Å². The Morgan fingerprint density at radius 2 is 2.04 bits per heavy atom. The van der Waals surface area contributed by atoms with Crippen LogP contribution in [0.25, 0.3) is 0 Å². The van der Waals surface area contributed by atoms with Gasteiger partial charge in [0.25, 0.3) is 0 Å². The standard InChI is InChI=1S/C19H30N2O2/c1-15-7-5-8-16(2)19(15)20-18(23)10-6-13-21-12-4-3-9-17(21)11-14-22/h5,7-8,17,22H,3-4,6,9-14H2,1-2H3,(H,20,23). The molecule has 1 fully saturated rings. The van der Waals surface area contributed by atoms with Crippen molar-refractivity contribution >= 4 is 11.6 Å². The summed E-state index contributed by atoms with van der Waals surface area (Å²) in [5.41, 5.74) is 3.17. The fourth-order valence-corrected chi connectivity index (χ4v) is 3.49. The average Bonchev–Trinajstić information content (AvgIpc) is 2.53. The van der Waals surface area contributed by atoms with Crippen LogP contribution in [0, 0.1) is 13.8 Å². The maximum Gasteiger partial charge on any atom is 0.224 e. The largest absolute Gasteiger partial charge is 0.396 e. The summed E-state index contributed by atoms with van der Waals surface area (Å²) in [7, 11) is 0. The molecule has 128 valence electrons. The van der Waals surface area contributed by atoms with E-state index in [0.29, 0.717) is 12.5 Å². The number of amides is 1. The van der Waals surface area contributed by atoms with E-state index in [1.807, 2.05) is 32.0 Å². The molecule has 4 nitrogen and oxygen atoms in total. The number of aliphatic hydroxyl groups excluding tert-OH is 1. The zero-order valence-corrected chi connectivity index (χ0v) is 14.5. The zero-order valence-electron chi connectivity index (χ0n) is 14.5. The molecule has 23 heavy (non-hydrogen) atoms. The van der Waals surface area contributed by atoms with Gasteiger partial charge in [0.2, 0.25) is 5.91 Å². The van der Waals surface area contributed by atoms with Crippen LogP contribution >= 0.6 is 0 Å². The lowest BCUT2D eigenvalue weighted by Crippen LogP contribution is -2.40. The number of para-hydroxylation sites is 1. The van der Waals surface area contributed by atoms with Gasteiger partial charge in [-0.1, -0.05) is 24.6 Å². The zero-order chi connectivity index (χ0) is 16.7. The number of aryl methyl sites for hydroxylation is 2. The Hall–Kier alpha value is -1.39. The summed E-state index contributed by atoms with van der Waals surface area (Å²) in [6.07, 6.45) is 5.95. The lowest BCUT2D eigenvalue weighted by atomic mass is 9.99. The number of carbonyl (C=O) groups excluding carboxylic acids is 1. The number of anilines is 1. The number of hydrogen-bond acceptors (Lipinski definition) is 3. The van der Waals surface area contributed by atoms with Crippen LogP contribution in [0.2, 0.25) is 0 Å². The molecule has 1 aromatic rings. The van der Waals surface area contributed by atoms with Crippen molar-refractivity contribution in [2.75, 3.05) is 25.0 Å². The number of nitrogens with zero attached hydrogens (tertiary/aromatic N) is 1. The number of rotatable bonds is 7. The van der Waals surface area contributed by atoms with E-state index in [0.717, 1.165) is 42.7 Å². The Labute approximate surface area is 139 Å². The van der Waals surface area contributed by atoms with Crippen molar-refractivity contribution in [1.82, 2.24) is 4.90 Å². The van der Waals surface area contributed by atoms with Crippen molar-refractivity contribution in [3.05, 3.63) is 29.3 Å². The monoisotopic (exact) mass is 318 g/mol. The second kappa shape index (κ2) is 9.04. The SMILES string of the molecule is Cc1cccc(C)c1NC(=O)CCCN1CCCCC1CCO. The van der Waals surface area contributed by atoms with Crippen LogP contribution in [0.1, 0.15) is 49.7 Å². The van der Waals surface area contributed by atoms with Crippen LogP contribution < -0.4 is 5.32 Å². The Kier molecular flexibility index (Phi) is 7.06. The van der Waals surface area contributed by atoms with Gasteiger partial charge in [-0.25, -0.2) is 0 Å². The van der Waals surface area contributed by atoms with Gasteiger partial charge < -0.3 is 15.3 Å². The van der Waals surface area contributed by atoms with Crippen molar-refractivity contribution in [2.24, 2.45) is 0 Å². The van der Waals surface area contributed by atoms with Gasteiger partial charge in [0.15, 0.2) is 0 Å². The third kappa shape index (κ3) is 5.33. The number of benzene rings is 1. The molecule has 0 saturated carbocycles. The number of aliphatic hydroxyl groups is 1. The molecule has 1 amide bonds. The third-order valence-electron chi connectivity index (χ3n) is 4.81. The maximum absolute atomic E-state index is 12.2. The molecule has 1 aromatic carbocycles. The lowest BCUT2D eigenvalue weighted by molar-refractivity contribution is -0.116. The Morgan fingerprint density at radius 1 is 1.30 bits per heavy atom. The highest BCUT2D eigenvalue weighted by atomic mass is 16.3. The third-order valence-corrected chi connectivity index (χ3v) is 4.81. The van der Waals surface area contributed by atoms with E-state index in [1.54, 1.807) is 0 Å². The van der Waals surface area contributed by atoms with Crippen LogP contribution in [-0.2, 0) is 4.79 Å². The minimum absolute atomic E-state index is 0.0955. The smallest absolute Gasteiger partial charge is 0.224 e. The van der Waals surface area contributed by atoms with Crippen molar-refractivity contribution in [3.8, 4) is 0 Å². The number of nitrogens with one attached hydrogen (secondary N) is 1. The van der Waals surface area contributed by atoms with Crippen LogP contribution in [0.15, 0.2) is 18.2 Å².